The highest BCUT2D eigenvalue weighted by Gasteiger charge is 2.24. The first-order chi connectivity index (χ1) is 16.7. The summed E-state index contributed by atoms with van der Waals surface area (Å²) >= 11 is 0. The molecule has 1 aliphatic carbocycles. The number of hydrogen-bond acceptors (Lipinski definition) is 3. The first kappa shape index (κ1) is 22.2. The van der Waals surface area contributed by atoms with Crippen LogP contribution in [0.3, 0.4) is 0 Å². The van der Waals surface area contributed by atoms with E-state index >= 15 is 0 Å². The lowest BCUT2D eigenvalue weighted by molar-refractivity contribution is 0.0927. The lowest BCUT2D eigenvalue weighted by Gasteiger charge is -2.32. The molecule has 1 heterocycles. The van der Waals surface area contributed by atoms with Crippen LogP contribution in [0.1, 0.15) is 63.9 Å². The Kier molecular flexibility index (Phi) is 6.61. The van der Waals surface area contributed by atoms with Gasteiger partial charge in [-0.3, -0.25) is 9.59 Å². The van der Waals surface area contributed by atoms with Gasteiger partial charge in [0.05, 0.1) is 5.56 Å². The van der Waals surface area contributed by atoms with Crippen LogP contribution in [0.15, 0.2) is 72.8 Å². The number of benzene rings is 3. The topological polar surface area (TPSA) is 61.4 Å². The molecular formula is C29H31N3O2. The minimum Gasteiger partial charge on any atom is -0.366 e. The van der Waals surface area contributed by atoms with E-state index in [-0.39, 0.29) is 17.9 Å². The fraction of sp³-hybridized carbons (Fsp3) is 0.310. The fourth-order valence-electron chi connectivity index (χ4n) is 5.08. The van der Waals surface area contributed by atoms with Gasteiger partial charge in [0.1, 0.15) is 0 Å². The summed E-state index contributed by atoms with van der Waals surface area (Å²) in [5.41, 5.74) is 5.43. The quantitative estimate of drug-likeness (QED) is 0.531. The zero-order chi connectivity index (χ0) is 23.3. The molecule has 3 aromatic rings. The minimum atomic E-state index is -0.182. The highest BCUT2D eigenvalue weighted by atomic mass is 16.2. The molecule has 1 saturated carbocycles. The third kappa shape index (κ3) is 4.98. The Morgan fingerprint density at radius 3 is 2.32 bits per heavy atom. The third-order valence-electron chi connectivity index (χ3n) is 6.95. The molecule has 0 bridgehead atoms. The molecule has 2 aliphatic rings. The van der Waals surface area contributed by atoms with Crippen molar-refractivity contribution in [1.29, 1.82) is 0 Å². The number of rotatable bonds is 5. The van der Waals surface area contributed by atoms with E-state index in [2.05, 4.69) is 39.8 Å². The Balaban J connectivity index is 1.42. The van der Waals surface area contributed by atoms with Crippen LogP contribution < -0.4 is 15.5 Å². The number of carbonyl (C=O) groups excluding carboxylic acids is 2. The predicted molar refractivity (Wildman–Crippen MR) is 136 cm³/mol. The molecule has 1 fully saturated rings. The van der Waals surface area contributed by atoms with E-state index in [4.69, 9.17) is 0 Å². The van der Waals surface area contributed by atoms with Crippen LogP contribution in [-0.2, 0) is 13.0 Å². The fourth-order valence-corrected chi connectivity index (χ4v) is 5.08. The maximum atomic E-state index is 13.5. The van der Waals surface area contributed by atoms with E-state index < -0.39 is 0 Å². The zero-order valence-electron chi connectivity index (χ0n) is 19.4. The molecule has 0 saturated heterocycles. The van der Waals surface area contributed by atoms with Gasteiger partial charge in [-0.15, -0.1) is 0 Å². The smallest absolute Gasteiger partial charge is 0.255 e. The van der Waals surface area contributed by atoms with Crippen molar-refractivity contribution in [2.75, 3.05) is 16.8 Å². The highest BCUT2D eigenvalue weighted by Crippen LogP contribution is 2.30. The molecule has 0 unspecified atom stereocenters. The van der Waals surface area contributed by atoms with E-state index in [1.807, 2.05) is 36.4 Å². The second-order valence-electron chi connectivity index (χ2n) is 9.30. The molecular weight excluding hydrogens is 422 g/mol. The number of hydrogen-bond donors (Lipinski definition) is 2. The van der Waals surface area contributed by atoms with E-state index in [9.17, 15) is 9.59 Å². The zero-order valence-corrected chi connectivity index (χ0v) is 19.4. The normalized spacial score (nSPS) is 15.9. The number of fused-ring (bicyclic) bond motifs is 1. The lowest BCUT2D eigenvalue weighted by atomic mass is 9.95. The van der Waals surface area contributed by atoms with Gasteiger partial charge in [-0.25, -0.2) is 0 Å². The molecule has 0 aromatic heterocycles. The summed E-state index contributed by atoms with van der Waals surface area (Å²) in [5.74, 6) is -0.240. The molecule has 5 heteroatoms. The van der Waals surface area contributed by atoms with E-state index in [0.29, 0.717) is 16.8 Å². The first-order valence-corrected chi connectivity index (χ1v) is 12.3. The highest BCUT2D eigenvalue weighted by molar-refractivity contribution is 6.06. The maximum absolute atomic E-state index is 13.5. The molecule has 34 heavy (non-hydrogen) atoms. The SMILES string of the molecule is O=C(Nc1ccc(N2CCc3ccccc3C2)c(C(=O)NC2CCCCC2)c1)c1ccccc1. The summed E-state index contributed by atoms with van der Waals surface area (Å²) in [7, 11) is 0. The second-order valence-corrected chi connectivity index (χ2v) is 9.30. The largest absolute Gasteiger partial charge is 0.366 e. The molecule has 2 amide bonds. The molecule has 5 nitrogen and oxygen atoms in total. The summed E-state index contributed by atoms with van der Waals surface area (Å²) < 4.78 is 0. The summed E-state index contributed by atoms with van der Waals surface area (Å²) in [6, 6.07) is 23.6. The van der Waals surface area contributed by atoms with Crippen molar-refractivity contribution in [1.82, 2.24) is 5.32 Å². The van der Waals surface area contributed by atoms with Crippen LogP contribution in [0.25, 0.3) is 0 Å². The predicted octanol–water partition coefficient (Wildman–Crippen LogP) is 5.56. The Bertz CT molecular complexity index is 1170. The van der Waals surface area contributed by atoms with E-state index in [1.165, 1.54) is 17.5 Å². The summed E-state index contributed by atoms with van der Waals surface area (Å²) in [4.78, 5) is 28.5. The molecule has 5 rings (SSSR count). The Morgan fingerprint density at radius 1 is 0.794 bits per heavy atom. The Morgan fingerprint density at radius 2 is 1.53 bits per heavy atom. The second kappa shape index (κ2) is 10.1. The number of amides is 2. The van der Waals surface area contributed by atoms with Gasteiger partial charge in [-0.1, -0.05) is 61.7 Å². The molecule has 1 aliphatic heterocycles. The minimum absolute atomic E-state index is 0.0587. The number of anilines is 2. The molecule has 174 valence electrons. The lowest BCUT2D eigenvalue weighted by Crippen LogP contribution is -2.38. The van der Waals surface area contributed by atoms with Crippen molar-refractivity contribution < 1.29 is 9.59 Å². The van der Waals surface area contributed by atoms with Gasteiger partial charge < -0.3 is 15.5 Å². The first-order valence-electron chi connectivity index (χ1n) is 12.3. The Labute approximate surface area is 201 Å². The van der Waals surface area contributed by atoms with Gasteiger partial charge in [0, 0.05) is 36.1 Å². The van der Waals surface area contributed by atoms with Gasteiger partial charge in [-0.05, 0) is 60.7 Å². The van der Waals surface area contributed by atoms with Crippen LogP contribution in [0.4, 0.5) is 11.4 Å². The summed E-state index contributed by atoms with van der Waals surface area (Å²) in [5, 5.41) is 6.23. The van der Waals surface area contributed by atoms with Crippen molar-refractivity contribution in [3.05, 3.63) is 95.1 Å². The standard InChI is InChI=1S/C29H31N3O2/c33-28(22-10-3-1-4-11-22)31-25-15-16-27(32-18-17-21-9-7-8-12-23(21)20-32)26(19-25)29(34)30-24-13-5-2-6-14-24/h1,3-4,7-12,15-16,19,24H,2,5-6,13-14,17-18,20H2,(H,30,34)(H,31,33). The molecule has 0 spiro atoms. The van der Waals surface area contributed by atoms with Gasteiger partial charge in [-0.2, -0.15) is 0 Å². The van der Waals surface area contributed by atoms with Gasteiger partial charge in [0.2, 0.25) is 0 Å². The van der Waals surface area contributed by atoms with Crippen molar-refractivity contribution in [2.24, 2.45) is 0 Å². The van der Waals surface area contributed by atoms with Crippen LogP contribution >= 0.6 is 0 Å². The average Bonchev–Trinajstić information content (AvgIpc) is 2.89. The van der Waals surface area contributed by atoms with Crippen molar-refractivity contribution in [3.8, 4) is 0 Å². The molecule has 2 N–H and O–H groups in total. The summed E-state index contributed by atoms with van der Waals surface area (Å²) in [6.45, 7) is 1.63. The van der Waals surface area contributed by atoms with Crippen LogP contribution in [0.2, 0.25) is 0 Å². The third-order valence-corrected chi connectivity index (χ3v) is 6.95. The van der Waals surface area contributed by atoms with Crippen molar-refractivity contribution >= 4 is 23.2 Å². The van der Waals surface area contributed by atoms with Crippen LogP contribution in [0.5, 0.6) is 0 Å². The number of nitrogens with one attached hydrogen (secondary N) is 2. The number of carbonyl (C=O) groups is 2. The van der Waals surface area contributed by atoms with E-state index in [0.717, 1.165) is 50.9 Å². The van der Waals surface area contributed by atoms with Gasteiger partial charge >= 0.3 is 0 Å². The Hall–Kier alpha value is -3.60. The van der Waals surface area contributed by atoms with Crippen molar-refractivity contribution in [2.45, 2.75) is 51.1 Å². The molecule has 0 radical (unpaired) electrons. The van der Waals surface area contributed by atoms with Gasteiger partial charge in [0.25, 0.3) is 11.8 Å². The number of nitrogens with zero attached hydrogens (tertiary/aromatic N) is 1. The van der Waals surface area contributed by atoms with Gasteiger partial charge in [0.15, 0.2) is 0 Å². The van der Waals surface area contributed by atoms with Crippen LogP contribution in [-0.4, -0.2) is 24.4 Å². The average molecular weight is 454 g/mol. The van der Waals surface area contributed by atoms with E-state index in [1.54, 1.807) is 12.1 Å². The summed E-state index contributed by atoms with van der Waals surface area (Å²) in [6.07, 6.45) is 6.57. The molecule has 0 atom stereocenters. The van der Waals surface area contributed by atoms with Crippen molar-refractivity contribution in [3.63, 3.8) is 0 Å². The maximum Gasteiger partial charge on any atom is 0.255 e. The monoisotopic (exact) mass is 453 g/mol. The molecule has 3 aromatic carbocycles. The van der Waals surface area contributed by atoms with Crippen LogP contribution in [0, 0.1) is 0 Å².